The number of nitrogens with zero attached hydrogens (tertiary/aromatic N) is 2. The number of piperazine rings is 1. The summed E-state index contributed by atoms with van der Waals surface area (Å²) in [6.45, 7) is 6.54. The van der Waals surface area contributed by atoms with E-state index in [1.807, 2.05) is 0 Å². The second kappa shape index (κ2) is 10.9. The Morgan fingerprint density at radius 3 is 1.91 bits per heavy atom. The predicted molar refractivity (Wildman–Crippen MR) is 121 cm³/mol. The van der Waals surface area contributed by atoms with Crippen LogP contribution in [0.3, 0.4) is 0 Å². The van der Waals surface area contributed by atoms with E-state index < -0.39 is 11.9 Å². The van der Waals surface area contributed by atoms with Gasteiger partial charge in [0.05, 0.1) is 31.9 Å². The van der Waals surface area contributed by atoms with Crippen LogP contribution in [0.25, 0.3) is 0 Å². The highest BCUT2D eigenvalue weighted by Gasteiger charge is 2.20. The summed E-state index contributed by atoms with van der Waals surface area (Å²) in [4.78, 5) is 40.9. The monoisotopic (exact) mass is 439 g/mol. The van der Waals surface area contributed by atoms with Gasteiger partial charge in [0, 0.05) is 38.4 Å². The first kappa shape index (κ1) is 23.4. The standard InChI is InChI=1S/C24H29N3O5/c1-17-4-6-18(7-5-17)15-26-8-10-27(11-9-26)16-22(28)25-21-13-19(23(29)31-2)12-20(14-21)24(30)32-3/h4-7,12-14H,8-11,15-16H2,1-3H3,(H,25,28). The normalized spacial score (nSPS) is 14.6. The molecule has 0 atom stereocenters. The predicted octanol–water partition coefficient (Wildman–Crippen LogP) is 2.32. The Bertz CT molecular complexity index is 932. The third-order valence-corrected chi connectivity index (χ3v) is 5.42. The summed E-state index contributed by atoms with van der Waals surface area (Å²) in [6, 6.07) is 12.9. The first-order valence-corrected chi connectivity index (χ1v) is 10.5. The van der Waals surface area contributed by atoms with Gasteiger partial charge in [-0.25, -0.2) is 9.59 Å². The number of hydrogen-bond acceptors (Lipinski definition) is 7. The fourth-order valence-corrected chi connectivity index (χ4v) is 3.63. The number of nitrogens with one attached hydrogen (secondary N) is 1. The number of amides is 1. The highest BCUT2D eigenvalue weighted by molar-refractivity contribution is 5.99. The van der Waals surface area contributed by atoms with Gasteiger partial charge in [-0.1, -0.05) is 29.8 Å². The number of aryl methyl sites for hydroxylation is 1. The lowest BCUT2D eigenvalue weighted by molar-refractivity contribution is -0.117. The van der Waals surface area contributed by atoms with Crippen molar-refractivity contribution in [2.75, 3.05) is 52.3 Å². The van der Waals surface area contributed by atoms with E-state index >= 15 is 0 Å². The molecule has 2 aromatic carbocycles. The van der Waals surface area contributed by atoms with Crippen LogP contribution >= 0.6 is 0 Å². The molecule has 1 aliphatic heterocycles. The van der Waals surface area contributed by atoms with Crippen LogP contribution in [0.15, 0.2) is 42.5 Å². The molecule has 170 valence electrons. The van der Waals surface area contributed by atoms with Gasteiger partial charge in [0.15, 0.2) is 0 Å². The van der Waals surface area contributed by atoms with Gasteiger partial charge in [0.2, 0.25) is 5.91 Å². The Labute approximate surface area is 188 Å². The Balaban J connectivity index is 1.55. The fraction of sp³-hybridized carbons (Fsp3) is 0.375. The van der Waals surface area contributed by atoms with Gasteiger partial charge in [-0.2, -0.15) is 0 Å². The zero-order chi connectivity index (χ0) is 23.1. The van der Waals surface area contributed by atoms with E-state index in [-0.39, 0.29) is 23.6 Å². The lowest BCUT2D eigenvalue weighted by atomic mass is 10.1. The van der Waals surface area contributed by atoms with Gasteiger partial charge >= 0.3 is 11.9 Å². The Kier molecular flexibility index (Phi) is 7.97. The molecule has 1 heterocycles. The third-order valence-electron chi connectivity index (χ3n) is 5.42. The molecule has 1 amide bonds. The molecular weight excluding hydrogens is 410 g/mol. The van der Waals surface area contributed by atoms with Crippen LogP contribution in [0.2, 0.25) is 0 Å². The molecule has 8 heteroatoms. The summed E-state index contributed by atoms with van der Waals surface area (Å²) in [7, 11) is 2.51. The highest BCUT2D eigenvalue weighted by Crippen LogP contribution is 2.17. The van der Waals surface area contributed by atoms with Gasteiger partial charge < -0.3 is 14.8 Å². The molecule has 0 radical (unpaired) electrons. The number of rotatable bonds is 7. The molecular formula is C24H29N3O5. The van der Waals surface area contributed by atoms with Gasteiger partial charge in [0.1, 0.15) is 0 Å². The molecule has 0 aliphatic carbocycles. The van der Waals surface area contributed by atoms with Crippen molar-refractivity contribution in [1.29, 1.82) is 0 Å². The molecule has 0 spiro atoms. The molecule has 0 unspecified atom stereocenters. The van der Waals surface area contributed by atoms with Crippen LogP contribution in [0.4, 0.5) is 5.69 Å². The average Bonchev–Trinajstić information content (AvgIpc) is 2.80. The maximum absolute atomic E-state index is 12.6. The Hall–Kier alpha value is -3.23. The minimum absolute atomic E-state index is 0.162. The molecule has 1 N–H and O–H groups in total. The number of anilines is 1. The summed E-state index contributed by atoms with van der Waals surface area (Å²) in [5, 5.41) is 2.77. The van der Waals surface area contributed by atoms with Crippen molar-refractivity contribution >= 4 is 23.5 Å². The first-order valence-electron chi connectivity index (χ1n) is 10.5. The summed E-state index contributed by atoms with van der Waals surface area (Å²) in [5.41, 5.74) is 3.20. The molecule has 1 aliphatic rings. The zero-order valence-corrected chi connectivity index (χ0v) is 18.7. The average molecular weight is 440 g/mol. The van der Waals surface area contributed by atoms with Crippen molar-refractivity contribution in [3.8, 4) is 0 Å². The van der Waals surface area contributed by atoms with Crippen molar-refractivity contribution in [1.82, 2.24) is 9.80 Å². The second-order valence-electron chi connectivity index (χ2n) is 7.87. The van der Waals surface area contributed by atoms with Crippen molar-refractivity contribution in [3.63, 3.8) is 0 Å². The van der Waals surface area contributed by atoms with E-state index in [0.717, 1.165) is 32.7 Å². The van der Waals surface area contributed by atoms with Crippen LogP contribution in [0.5, 0.6) is 0 Å². The largest absolute Gasteiger partial charge is 0.465 e. The topological polar surface area (TPSA) is 88.2 Å². The van der Waals surface area contributed by atoms with E-state index in [1.54, 1.807) is 0 Å². The van der Waals surface area contributed by atoms with Gasteiger partial charge in [0.25, 0.3) is 0 Å². The Morgan fingerprint density at radius 2 is 1.38 bits per heavy atom. The highest BCUT2D eigenvalue weighted by atomic mass is 16.5. The van der Waals surface area contributed by atoms with Gasteiger partial charge in [-0.05, 0) is 30.7 Å². The van der Waals surface area contributed by atoms with E-state index in [9.17, 15) is 14.4 Å². The molecule has 8 nitrogen and oxygen atoms in total. The van der Waals surface area contributed by atoms with E-state index in [1.165, 1.54) is 43.5 Å². The summed E-state index contributed by atoms with van der Waals surface area (Å²) >= 11 is 0. The van der Waals surface area contributed by atoms with E-state index in [4.69, 9.17) is 9.47 Å². The molecule has 32 heavy (non-hydrogen) atoms. The SMILES string of the molecule is COC(=O)c1cc(NC(=O)CN2CCN(Cc3ccc(C)cc3)CC2)cc(C(=O)OC)c1. The summed E-state index contributed by atoms with van der Waals surface area (Å²) < 4.78 is 9.46. The lowest BCUT2D eigenvalue weighted by Crippen LogP contribution is -2.48. The molecule has 1 fully saturated rings. The van der Waals surface area contributed by atoms with Crippen LogP contribution in [0.1, 0.15) is 31.8 Å². The van der Waals surface area contributed by atoms with Crippen LogP contribution in [0, 0.1) is 6.92 Å². The van der Waals surface area contributed by atoms with Crippen molar-refractivity contribution in [2.45, 2.75) is 13.5 Å². The molecule has 0 saturated carbocycles. The van der Waals surface area contributed by atoms with Crippen LogP contribution in [-0.2, 0) is 20.8 Å². The smallest absolute Gasteiger partial charge is 0.337 e. The number of hydrogen-bond donors (Lipinski definition) is 1. The molecule has 0 bridgehead atoms. The number of esters is 2. The number of methoxy groups -OCH3 is 2. The minimum Gasteiger partial charge on any atom is -0.465 e. The third kappa shape index (κ3) is 6.38. The maximum atomic E-state index is 12.6. The first-order chi connectivity index (χ1) is 15.4. The van der Waals surface area contributed by atoms with Crippen molar-refractivity contribution in [2.24, 2.45) is 0 Å². The second-order valence-corrected chi connectivity index (χ2v) is 7.87. The summed E-state index contributed by atoms with van der Waals surface area (Å²) in [5.74, 6) is -1.42. The van der Waals surface area contributed by atoms with Crippen molar-refractivity contribution in [3.05, 3.63) is 64.7 Å². The Morgan fingerprint density at radius 1 is 0.844 bits per heavy atom. The van der Waals surface area contributed by atoms with E-state index in [0.29, 0.717) is 5.69 Å². The number of carbonyl (C=O) groups is 3. The van der Waals surface area contributed by atoms with Crippen LogP contribution < -0.4 is 5.32 Å². The van der Waals surface area contributed by atoms with Crippen LogP contribution in [-0.4, -0.2) is 74.6 Å². The summed E-state index contributed by atoms with van der Waals surface area (Å²) in [6.07, 6.45) is 0. The van der Waals surface area contributed by atoms with Gasteiger partial charge in [-0.3, -0.25) is 14.6 Å². The van der Waals surface area contributed by atoms with Crippen molar-refractivity contribution < 1.29 is 23.9 Å². The lowest BCUT2D eigenvalue weighted by Gasteiger charge is -2.34. The molecule has 1 saturated heterocycles. The molecule has 3 rings (SSSR count). The quantitative estimate of drug-likeness (QED) is 0.663. The number of carbonyl (C=O) groups excluding carboxylic acids is 3. The van der Waals surface area contributed by atoms with Gasteiger partial charge in [-0.15, -0.1) is 0 Å². The van der Waals surface area contributed by atoms with E-state index in [2.05, 4.69) is 46.3 Å². The molecule has 2 aromatic rings. The zero-order valence-electron chi connectivity index (χ0n) is 18.7. The maximum Gasteiger partial charge on any atom is 0.337 e. The minimum atomic E-state index is -0.601. The fourth-order valence-electron chi connectivity index (χ4n) is 3.63. The number of ether oxygens (including phenoxy) is 2. The molecule has 0 aromatic heterocycles. The number of benzene rings is 2.